The number of carbonyl (C=O) groups is 1. The Morgan fingerprint density at radius 1 is 1.54 bits per heavy atom. The number of likely N-dealkylation sites (tertiary alicyclic amines) is 1. The van der Waals surface area contributed by atoms with Gasteiger partial charge in [-0.05, 0) is 43.7 Å². The van der Waals surface area contributed by atoms with Gasteiger partial charge in [0, 0.05) is 38.8 Å². The van der Waals surface area contributed by atoms with Gasteiger partial charge in [0.05, 0.1) is 0 Å². The minimum absolute atomic E-state index is 0.223. The summed E-state index contributed by atoms with van der Waals surface area (Å²) in [5.74, 6) is 1.01. The third kappa shape index (κ3) is 6.00. The number of nitrogens with one attached hydrogen (secondary N) is 1. The molecule has 1 aliphatic rings. The summed E-state index contributed by atoms with van der Waals surface area (Å²) in [4.78, 5) is 22.2. The number of piperidine rings is 1. The van der Waals surface area contributed by atoms with E-state index in [2.05, 4.69) is 22.1 Å². The predicted octanol–water partition coefficient (Wildman–Crippen LogP) is 1.83. The van der Waals surface area contributed by atoms with Gasteiger partial charge in [0.1, 0.15) is 5.15 Å². The molecular formula is C17H26ClN5O. The van der Waals surface area contributed by atoms with Crippen LogP contribution in [0.15, 0.2) is 23.3 Å². The summed E-state index contributed by atoms with van der Waals surface area (Å²) in [6.07, 6.45) is 5.16. The molecule has 1 fully saturated rings. The minimum Gasteiger partial charge on any atom is -0.370 e. The molecule has 1 atom stereocenters. The van der Waals surface area contributed by atoms with E-state index in [-0.39, 0.29) is 5.91 Å². The summed E-state index contributed by atoms with van der Waals surface area (Å²) in [6.45, 7) is 5.35. The van der Waals surface area contributed by atoms with Crippen molar-refractivity contribution in [2.45, 2.75) is 32.6 Å². The van der Waals surface area contributed by atoms with Gasteiger partial charge >= 0.3 is 0 Å². The highest BCUT2D eigenvalue weighted by atomic mass is 35.5. The van der Waals surface area contributed by atoms with Crippen molar-refractivity contribution in [3.05, 3.63) is 29.0 Å². The highest BCUT2D eigenvalue weighted by Crippen LogP contribution is 2.19. The largest absolute Gasteiger partial charge is 0.370 e. The number of hydrogen-bond acceptors (Lipinski definition) is 3. The van der Waals surface area contributed by atoms with Crippen LogP contribution in [0.5, 0.6) is 0 Å². The van der Waals surface area contributed by atoms with Gasteiger partial charge in [-0.1, -0.05) is 17.7 Å². The van der Waals surface area contributed by atoms with Crippen LogP contribution in [0.3, 0.4) is 0 Å². The molecule has 132 valence electrons. The molecule has 1 aromatic rings. The fourth-order valence-electron chi connectivity index (χ4n) is 2.98. The van der Waals surface area contributed by atoms with E-state index in [0.29, 0.717) is 24.0 Å². The van der Waals surface area contributed by atoms with Gasteiger partial charge in [0.2, 0.25) is 5.91 Å². The average molecular weight is 352 g/mol. The van der Waals surface area contributed by atoms with Gasteiger partial charge < -0.3 is 16.0 Å². The first kappa shape index (κ1) is 18.5. The van der Waals surface area contributed by atoms with Crippen LogP contribution < -0.4 is 11.1 Å². The van der Waals surface area contributed by atoms with Crippen molar-refractivity contribution in [2.75, 3.05) is 26.2 Å². The maximum absolute atomic E-state index is 11.2. The van der Waals surface area contributed by atoms with E-state index in [0.717, 1.165) is 50.4 Å². The molecule has 0 radical (unpaired) electrons. The van der Waals surface area contributed by atoms with Crippen molar-refractivity contribution < 1.29 is 4.79 Å². The molecule has 0 bridgehead atoms. The first-order valence-corrected chi connectivity index (χ1v) is 8.88. The molecule has 1 saturated heterocycles. The van der Waals surface area contributed by atoms with Crippen LogP contribution in [0.25, 0.3) is 0 Å². The molecule has 0 spiro atoms. The number of aliphatic imine (C=N–C) groups is 1. The van der Waals surface area contributed by atoms with Crippen molar-refractivity contribution in [2.24, 2.45) is 16.6 Å². The van der Waals surface area contributed by atoms with Gasteiger partial charge in [-0.3, -0.25) is 9.79 Å². The normalized spacial score (nSPS) is 18.5. The Morgan fingerprint density at radius 3 is 3.04 bits per heavy atom. The Labute approximate surface area is 148 Å². The van der Waals surface area contributed by atoms with Crippen LogP contribution >= 0.6 is 11.6 Å². The van der Waals surface area contributed by atoms with Crippen LogP contribution in [0.1, 0.15) is 31.7 Å². The van der Waals surface area contributed by atoms with Gasteiger partial charge in [-0.25, -0.2) is 4.98 Å². The third-order valence-electron chi connectivity index (χ3n) is 4.09. The average Bonchev–Trinajstić information content (AvgIpc) is 2.55. The molecular weight excluding hydrogens is 326 g/mol. The first-order chi connectivity index (χ1) is 11.6. The first-order valence-electron chi connectivity index (χ1n) is 8.50. The Balaban J connectivity index is 1.93. The van der Waals surface area contributed by atoms with Crippen LogP contribution in [-0.4, -0.2) is 47.9 Å². The SMILES string of the molecule is CCNC(=NCCc1ccc(Cl)nc1)N1CCCC(CC(N)=O)C1. The number of rotatable bonds is 6. The maximum Gasteiger partial charge on any atom is 0.217 e. The number of guanidine groups is 1. The zero-order valence-corrected chi connectivity index (χ0v) is 14.9. The van der Waals surface area contributed by atoms with Gasteiger partial charge in [0.15, 0.2) is 5.96 Å². The fourth-order valence-corrected chi connectivity index (χ4v) is 3.09. The second-order valence-corrected chi connectivity index (χ2v) is 6.49. The van der Waals surface area contributed by atoms with E-state index in [1.165, 1.54) is 0 Å². The van der Waals surface area contributed by atoms with E-state index < -0.39 is 0 Å². The molecule has 0 aliphatic carbocycles. The second-order valence-electron chi connectivity index (χ2n) is 6.10. The molecule has 1 aromatic heterocycles. The second kappa shape index (κ2) is 9.47. The van der Waals surface area contributed by atoms with Crippen LogP contribution in [0.4, 0.5) is 0 Å². The quantitative estimate of drug-likeness (QED) is 0.465. The summed E-state index contributed by atoms with van der Waals surface area (Å²) in [5.41, 5.74) is 6.46. The highest BCUT2D eigenvalue weighted by molar-refractivity contribution is 6.29. The predicted molar refractivity (Wildman–Crippen MR) is 97.0 cm³/mol. The third-order valence-corrected chi connectivity index (χ3v) is 4.32. The van der Waals surface area contributed by atoms with E-state index in [1.54, 1.807) is 12.3 Å². The summed E-state index contributed by atoms with van der Waals surface area (Å²) in [6, 6.07) is 3.77. The number of amides is 1. The number of nitrogens with zero attached hydrogens (tertiary/aromatic N) is 3. The molecule has 3 N–H and O–H groups in total. The van der Waals surface area contributed by atoms with Gasteiger partial charge in [-0.15, -0.1) is 0 Å². The van der Waals surface area contributed by atoms with Crippen molar-refractivity contribution in [1.29, 1.82) is 0 Å². The molecule has 6 nitrogen and oxygen atoms in total. The van der Waals surface area contributed by atoms with E-state index >= 15 is 0 Å². The molecule has 24 heavy (non-hydrogen) atoms. The fraction of sp³-hybridized carbons (Fsp3) is 0.588. The number of nitrogens with two attached hydrogens (primary N) is 1. The monoisotopic (exact) mass is 351 g/mol. The molecule has 0 aromatic carbocycles. The van der Waals surface area contributed by atoms with E-state index in [9.17, 15) is 4.79 Å². The number of pyridine rings is 1. The lowest BCUT2D eigenvalue weighted by molar-refractivity contribution is -0.119. The van der Waals surface area contributed by atoms with Crippen molar-refractivity contribution >= 4 is 23.5 Å². The highest BCUT2D eigenvalue weighted by Gasteiger charge is 2.23. The number of carbonyl (C=O) groups excluding carboxylic acids is 1. The van der Waals surface area contributed by atoms with Crippen molar-refractivity contribution in [1.82, 2.24) is 15.2 Å². The maximum atomic E-state index is 11.2. The van der Waals surface area contributed by atoms with Crippen LogP contribution in [0.2, 0.25) is 5.15 Å². The number of hydrogen-bond donors (Lipinski definition) is 2. The Bertz CT molecular complexity index is 561. The van der Waals surface area contributed by atoms with Gasteiger partial charge in [0.25, 0.3) is 0 Å². The zero-order valence-electron chi connectivity index (χ0n) is 14.2. The molecule has 1 aliphatic heterocycles. The van der Waals surface area contributed by atoms with E-state index in [4.69, 9.17) is 22.3 Å². The summed E-state index contributed by atoms with van der Waals surface area (Å²) in [7, 11) is 0. The van der Waals surface area contributed by atoms with Gasteiger partial charge in [-0.2, -0.15) is 0 Å². The topological polar surface area (TPSA) is 83.6 Å². The van der Waals surface area contributed by atoms with Crippen LogP contribution in [-0.2, 0) is 11.2 Å². The lowest BCUT2D eigenvalue weighted by Crippen LogP contribution is -2.47. The summed E-state index contributed by atoms with van der Waals surface area (Å²) in [5, 5.41) is 3.85. The van der Waals surface area contributed by atoms with E-state index in [1.807, 2.05) is 6.07 Å². The smallest absolute Gasteiger partial charge is 0.217 e. The van der Waals surface area contributed by atoms with Crippen LogP contribution in [0, 0.1) is 5.92 Å². The summed E-state index contributed by atoms with van der Waals surface area (Å²) < 4.78 is 0. The molecule has 1 amide bonds. The minimum atomic E-state index is -0.223. The molecule has 2 heterocycles. The number of halogens is 1. The molecule has 0 saturated carbocycles. The number of primary amides is 1. The van der Waals surface area contributed by atoms with Crippen molar-refractivity contribution in [3.63, 3.8) is 0 Å². The molecule has 7 heteroatoms. The lowest BCUT2D eigenvalue weighted by atomic mass is 9.95. The lowest BCUT2D eigenvalue weighted by Gasteiger charge is -2.34. The van der Waals surface area contributed by atoms with Crippen molar-refractivity contribution in [3.8, 4) is 0 Å². The molecule has 2 rings (SSSR count). The Kier molecular flexibility index (Phi) is 7.31. The summed E-state index contributed by atoms with van der Waals surface area (Å²) >= 11 is 5.80. The molecule has 1 unspecified atom stereocenters. The Hall–Kier alpha value is -1.82. The number of aromatic nitrogens is 1. The Morgan fingerprint density at radius 2 is 2.38 bits per heavy atom. The zero-order chi connectivity index (χ0) is 17.4. The standard InChI is InChI=1S/C17H26ClN5O/c1-2-20-17(21-8-7-13-5-6-15(18)22-11-13)23-9-3-4-14(12-23)10-16(19)24/h5-6,11,14H,2-4,7-10,12H2,1H3,(H2,19,24)(H,20,21).